The quantitative estimate of drug-likeness (QED) is 0.711. The molecule has 2 heterocycles. The molecule has 0 saturated carbocycles. The van der Waals surface area contributed by atoms with Crippen molar-refractivity contribution in [1.82, 2.24) is 19.9 Å². The van der Waals surface area contributed by atoms with Crippen molar-refractivity contribution in [3.05, 3.63) is 42.6 Å². The van der Waals surface area contributed by atoms with Crippen LogP contribution in [0.25, 0.3) is 11.4 Å². The average molecular weight is 244 g/mol. The average Bonchev–Trinajstić information content (AvgIpc) is 2.84. The van der Waals surface area contributed by atoms with E-state index in [2.05, 4.69) is 20.6 Å². The summed E-state index contributed by atoms with van der Waals surface area (Å²) in [4.78, 5) is 4.09. The molecule has 0 unspecified atom stereocenters. The Morgan fingerprint density at radius 3 is 2.78 bits per heavy atom. The summed E-state index contributed by atoms with van der Waals surface area (Å²) in [5, 5.41) is 7.55. The number of halogens is 1. The summed E-state index contributed by atoms with van der Waals surface area (Å²) in [6, 6.07) is 5.92. The zero-order valence-corrected chi connectivity index (χ0v) is 9.21. The number of nitrogens with zero attached hydrogens (tertiary/aromatic N) is 4. The van der Waals surface area contributed by atoms with Gasteiger partial charge in [-0.05, 0) is 24.3 Å². The Bertz CT molecular complexity index is 647. The van der Waals surface area contributed by atoms with Crippen molar-refractivity contribution in [3.63, 3.8) is 0 Å². The summed E-state index contributed by atoms with van der Waals surface area (Å²) in [5.41, 5.74) is 10.3. The molecule has 0 spiro atoms. The van der Waals surface area contributed by atoms with Crippen molar-refractivity contribution in [1.29, 1.82) is 0 Å². The molecule has 0 radical (unpaired) electrons. The fourth-order valence-electron chi connectivity index (χ4n) is 1.59. The van der Waals surface area contributed by atoms with Crippen LogP contribution in [0.15, 0.2) is 36.8 Å². The lowest BCUT2D eigenvalue weighted by atomic mass is 10.3. The molecule has 6 nitrogen and oxygen atoms in total. The van der Waals surface area contributed by atoms with Crippen LogP contribution in [0.3, 0.4) is 0 Å². The highest BCUT2D eigenvalue weighted by molar-refractivity contribution is 5.68. The number of anilines is 2. The second-order valence-corrected chi connectivity index (χ2v) is 3.70. The van der Waals surface area contributed by atoms with E-state index < -0.39 is 0 Å². The number of benzene rings is 1. The maximum atomic E-state index is 12.8. The smallest absolute Gasteiger partial charge is 0.188 e. The minimum atomic E-state index is -0.295. The van der Waals surface area contributed by atoms with Gasteiger partial charge in [-0.1, -0.05) is 0 Å². The molecule has 3 N–H and O–H groups in total. The molecule has 0 fully saturated rings. The molecule has 0 amide bonds. The molecule has 7 heteroatoms. The number of aromatic nitrogens is 4. The van der Waals surface area contributed by atoms with Crippen LogP contribution in [0.2, 0.25) is 0 Å². The molecule has 0 aliphatic carbocycles. The molecular weight excluding hydrogens is 235 g/mol. The Morgan fingerprint density at radius 1 is 1.22 bits per heavy atom. The molecule has 18 heavy (non-hydrogen) atoms. The van der Waals surface area contributed by atoms with Gasteiger partial charge in [0.2, 0.25) is 0 Å². The van der Waals surface area contributed by atoms with E-state index in [0.29, 0.717) is 22.9 Å². The van der Waals surface area contributed by atoms with Crippen LogP contribution in [-0.2, 0) is 0 Å². The lowest BCUT2D eigenvalue weighted by Gasteiger charge is -2.14. The minimum absolute atomic E-state index is 0.295. The molecule has 1 aromatic carbocycles. The van der Waals surface area contributed by atoms with Gasteiger partial charge in [0.25, 0.3) is 0 Å². The number of nitrogens with two attached hydrogens (primary N) is 1. The lowest BCUT2D eigenvalue weighted by Crippen LogP contribution is -2.16. The van der Waals surface area contributed by atoms with E-state index in [-0.39, 0.29) is 5.82 Å². The van der Waals surface area contributed by atoms with Crippen LogP contribution in [0.1, 0.15) is 0 Å². The normalized spacial score (nSPS) is 10.7. The first kappa shape index (κ1) is 10.5. The van der Waals surface area contributed by atoms with E-state index in [1.807, 2.05) is 0 Å². The van der Waals surface area contributed by atoms with E-state index >= 15 is 0 Å². The van der Waals surface area contributed by atoms with Gasteiger partial charge >= 0.3 is 0 Å². The second kappa shape index (κ2) is 3.95. The Morgan fingerprint density at radius 2 is 2.00 bits per heavy atom. The van der Waals surface area contributed by atoms with Crippen molar-refractivity contribution < 1.29 is 4.39 Å². The SMILES string of the molecule is Nc1c2cnnc-2ncn1Nc1ccc(F)cc1. The summed E-state index contributed by atoms with van der Waals surface area (Å²) < 4.78 is 14.3. The Hall–Kier alpha value is -2.70. The van der Waals surface area contributed by atoms with E-state index in [1.54, 1.807) is 18.3 Å². The topological polar surface area (TPSA) is 81.7 Å². The maximum Gasteiger partial charge on any atom is 0.188 e. The molecule has 2 aliphatic heterocycles. The van der Waals surface area contributed by atoms with E-state index in [0.717, 1.165) is 0 Å². The standard InChI is InChI=1S/C11H9FN6/c12-7-1-3-8(4-2-7)17-18-6-14-11-9(10(18)13)5-15-16-11/h1-6,17H,13H2. The molecular formula is C11H9FN6. The molecule has 0 aromatic heterocycles. The second-order valence-electron chi connectivity index (χ2n) is 3.70. The van der Waals surface area contributed by atoms with Crippen molar-refractivity contribution in [2.24, 2.45) is 0 Å². The molecule has 0 bridgehead atoms. The van der Waals surface area contributed by atoms with E-state index in [1.165, 1.54) is 23.1 Å². The van der Waals surface area contributed by atoms with Gasteiger partial charge in [0.15, 0.2) is 5.82 Å². The molecule has 0 saturated heterocycles. The minimum Gasteiger partial charge on any atom is -0.383 e. The Labute approximate surface area is 102 Å². The van der Waals surface area contributed by atoms with Crippen LogP contribution >= 0.6 is 0 Å². The van der Waals surface area contributed by atoms with Crippen molar-refractivity contribution in [2.75, 3.05) is 11.2 Å². The van der Waals surface area contributed by atoms with Crippen molar-refractivity contribution >= 4 is 11.5 Å². The summed E-state index contributed by atoms with van der Waals surface area (Å²) in [5.74, 6) is 0.635. The first-order valence-corrected chi connectivity index (χ1v) is 5.21. The maximum absolute atomic E-state index is 12.8. The number of hydrogen-bond acceptors (Lipinski definition) is 5. The van der Waals surface area contributed by atoms with Crippen molar-refractivity contribution in [2.45, 2.75) is 0 Å². The summed E-state index contributed by atoms with van der Waals surface area (Å²) in [6.07, 6.45) is 3.04. The molecule has 2 aliphatic rings. The van der Waals surface area contributed by atoms with E-state index in [9.17, 15) is 4.39 Å². The lowest BCUT2D eigenvalue weighted by molar-refractivity contribution is 0.628. The predicted molar refractivity (Wildman–Crippen MR) is 64.3 cm³/mol. The van der Waals surface area contributed by atoms with Crippen molar-refractivity contribution in [3.8, 4) is 11.4 Å². The summed E-state index contributed by atoms with van der Waals surface area (Å²) in [7, 11) is 0. The molecule has 0 atom stereocenters. The van der Waals surface area contributed by atoms with E-state index in [4.69, 9.17) is 5.73 Å². The third kappa shape index (κ3) is 1.71. The highest BCUT2D eigenvalue weighted by atomic mass is 19.1. The highest BCUT2D eigenvalue weighted by Crippen LogP contribution is 2.22. The van der Waals surface area contributed by atoms with Crippen LogP contribution in [-0.4, -0.2) is 19.9 Å². The Balaban J connectivity index is 1.98. The van der Waals surface area contributed by atoms with Gasteiger partial charge in [-0.3, -0.25) is 5.43 Å². The monoisotopic (exact) mass is 244 g/mol. The van der Waals surface area contributed by atoms with Gasteiger partial charge in [0.05, 0.1) is 17.4 Å². The number of fused-ring (bicyclic) bond motifs is 1. The fraction of sp³-hybridized carbons (Fsp3) is 0. The first-order chi connectivity index (χ1) is 8.74. The molecule has 90 valence electrons. The predicted octanol–water partition coefficient (Wildman–Crippen LogP) is 1.37. The largest absolute Gasteiger partial charge is 0.383 e. The third-order valence-corrected chi connectivity index (χ3v) is 2.50. The Kier molecular flexibility index (Phi) is 2.30. The van der Waals surface area contributed by atoms with Crippen LogP contribution < -0.4 is 11.2 Å². The first-order valence-electron chi connectivity index (χ1n) is 5.21. The number of rotatable bonds is 2. The van der Waals surface area contributed by atoms with Gasteiger partial charge in [0.1, 0.15) is 18.0 Å². The van der Waals surface area contributed by atoms with Crippen LogP contribution in [0, 0.1) is 5.82 Å². The van der Waals surface area contributed by atoms with Gasteiger partial charge in [-0.2, -0.15) is 5.10 Å². The third-order valence-electron chi connectivity index (χ3n) is 2.50. The van der Waals surface area contributed by atoms with Crippen LogP contribution in [0.4, 0.5) is 15.9 Å². The fourth-order valence-corrected chi connectivity index (χ4v) is 1.59. The van der Waals surface area contributed by atoms with Crippen LogP contribution in [0.5, 0.6) is 0 Å². The number of nitrogens with one attached hydrogen (secondary N) is 1. The van der Waals surface area contributed by atoms with Gasteiger partial charge in [-0.15, -0.1) is 5.10 Å². The van der Waals surface area contributed by atoms with Gasteiger partial charge < -0.3 is 5.73 Å². The molecule has 3 rings (SSSR count). The van der Waals surface area contributed by atoms with Gasteiger partial charge in [0, 0.05) is 0 Å². The zero-order chi connectivity index (χ0) is 12.5. The zero-order valence-electron chi connectivity index (χ0n) is 9.21. The van der Waals surface area contributed by atoms with Gasteiger partial charge in [-0.25, -0.2) is 14.1 Å². The highest BCUT2D eigenvalue weighted by Gasteiger charge is 2.13. The summed E-state index contributed by atoms with van der Waals surface area (Å²) >= 11 is 0. The number of nitrogen functional groups attached to an aromatic ring is 1. The summed E-state index contributed by atoms with van der Waals surface area (Å²) in [6.45, 7) is 0. The number of hydrogen-bond donors (Lipinski definition) is 2. The molecule has 1 aromatic rings.